The van der Waals surface area contributed by atoms with E-state index in [9.17, 15) is 35.4 Å². The fourth-order valence-corrected chi connectivity index (χ4v) is 9.01. The number of hydrogen-bond acceptors (Lipinski definition) is 9. The van der Waals surface area contributed by atoms with Crippen LogP contribution in [0.25, 0.3) is 0 Å². The Morgan fingerprint density at radius 3 is 1.29 bits per heavy atom. The number of ether oxygens (including phenoxy) is 2. The molecule has 0 aliphatic carbocycles. The van der Waals surface area contributed by atoms with Crippen molar-refractivity contribution in [3.05, 3.63) is 48.6 Å². The second kappa shape index (κ2) is 48.4. The van der Waals surface area contributed by atoms with Crippen LogP contribution in [-0.4, -0.2) is 98.7 Å². The second-order valence-electron chi connectivity index (χ2n) is 20.2. The van der Waals surface area contributed by atoms with Gasteiger partial charge in [0.05, 0.1) is 25.4 Å². The van der Waals surface area contributed by atoms with Gasteiger partial charge in [0.1, 0.15) is 30.5 Å². The Labute approximate surface area is 423 Å². The van der Waals surface area contributed by atoms with Crippen molar-refractivity contribution < 1.29 is 44.9 Å². The van der Waals surface area contributed by atoms with Crippen LogP contribution in [0.3, 0.4) is 0 Å². The van der Waals surface area contributed by atoms with Crippen molar-refractivity contribution in [1.29, 1.82) is 0 Å². The summed E-state index contributed by atoms with van der Waals surface area (Å²) in [6.45, 7) is 3.57. The third kappa shape index (κ3) is 37.5. The van der Waals surface area contributed by atoms with Crippen LogP contribution in [0.15, 0.2) is 48.6 Å². The molecule has 0 saturated carbocycles. The van der Waals surface area contributed by atoms with Crippen LogP contribution in [0.1, 0.15) is 258 Å². The molecule has 0 radical (unpaired) electrons. The lowest BCUT2D eigenvalue weighted by molar-refractivity contribution is -0.302. The SMILES string of the molecule is CCCCC/C=C/CC/C=C/CC/C=C/C(O)C(COC1OC(CO)C(O)C(O)C1O)NC(=O)C(O)CCCCCCCCCCCCCCCCC/C=C\CCCCCCCCCCCCCC. The molecule has 7 N–H and O–H groups in total. The quantitative estimate of drug-likeness (QED) is 0.0232. The number of aliphatic hydroxyl groups excluding tert-OH is 6. The van der Waals surface area contributed by atoms with Gasteiger partial charge in [-0.1, -0.05) is 236 Å². The molecular weight excluding hydrogens is 867 g/mol. The molecule has 8 unspecified atom stereocenters. The van der Waals surface area contributed by atoms with Crippen LogP contribution >= 0.6 is 0 Å². The average molecular weight is 977 g/mol. The fraction of sp³-hybridized carbons (Fsp3) is 0.847. The minimum atomic E-state index is -1.62. The number of allylic oxidation sites excluding steroid dienone is 7. The van der Waals surface area contributed by atoms with Crippen LogP contribution in [0.5, 0.6) is 0 Å². The smallest absolute Gasteiger partial charge is 0.249 e. The molecule has 1 aliphatic heterocycles. The van der Waals surface area contributed by atoms with E-state index in [1.165, 1.54) is 180 Å². The third-order valence-corrected chi connectivity index (χ3v) is 13.7. The number of aliphatic hydroxyl groups is 6. The molecule has 0 bridgehead atoms. The highest BCUT2D eigenvalue weighted by atomic mass is 16.7. The predicted octanol–water partition coefficient (Wildman–Crippen LogP) is 13.1. The van der Waals surface area contributed by atoms with E-state index in [4.69, 9.17) is 9.47 Å². The summed E-state index contributed by atoms with van der Waals surface area (Å²) in [4.78, 5) is 13.1. The first kappa shape index (κ1) is 65.1. The molecule has 1 fully saturated rings. The third-order valence-electron chi connectivity index (χ3n) is 13.7. The Balaban J connectivity index is 2.18. The molecule has 8 atom stereocenters. The van der Waals surface area contributed by atoms with Gasteiger partial charge in [0.25, 0.3) is 0 Å². The first-order chi connectivity index (χ1) is 33.8. The summed E-state index contributed by atoms with van der Waals surface area (Å²) in [5.74, 6) is -0.629. The van der Waals surface area contributed by atoms with Crippen molar-refractivity contribution in [2.24, 2.45) is 0 Å². The van der Waals surface area contributed by atoms with Crippen LogP contribution in [0.2, 0.25) is 0 Å². The summed E-state index contributed by atoms with van der Waals surface area (Å²) in [6.07, 6.45) is 53.8. The fourth-order valence-electron chi connectivity index (χ4n) is 9.01. The van der Waals surface area contributed by atoms with Crippen molar-refractivity contribution >= 4 is 5.91 Å². The maximum atomic E-state index is 13.1. The summed E-state index contributed by atoms with van der Waals surface area (Å²) in [5, 5.41) is 64.8. The van der Waals surface area contributed by atoms with E-state index >= 15 is 0 Å². The van der Waals surface area contributed by atoms with Crippen molar-refractivity contribution in [3.63, 3.8) is 0 Å². The molecule has 1 rings (SSSR count). The van der Waals surface area contributed by atoms with Gasteiger partial charge in [-0.15, -0.1) is 0 Å². The predicted molar refractivity (Wildman–Crippen MR) is 287 cm³/mol. The number of unbranched alkanes of at least 4 members (excludes halogenated alkanes) is 32. The topological polar surface area (TPSA) is 169 Å². The highest BCUT2D eigenvalue weighted by Crippen LogP contribution is 2.23. The highest BCUT2D eigenvalue weighted by Gasteiger charge is 2.44. The van der Waals surface area contributed by atoms with Gasteiger partial charge in [0.15, 0.2) is 6.29 Å². The number of nitrogens with one attached hydrogen (secondary N) is 1. The summed E-state index contributed by atoms with van der Waals surface area (Å²) in [7, 11) is 0. The van der Waals surface area contributed by atoms with E-state index in [0.29, 0.717) is 19.3 Å². The van der Waals surface area contributed by atoms with Gasteiger partial charge in [-0.2, -0.15) is 0 Å². The van der Waals surface area contributed by atoms with Crippen molar-refractivity contribution in [1.82, 2.24) is 5.32 Å². The van der Waals surface area contributed by atoms with Crippen LogP contribution in [0, 0.1) is 0 Å². The van der Waals surface area contributed by atoms with Crippen LogP contribution < -0.4 is 5.32 Å². The molecule has 0 aromatic carbocycles. The van der Waals surface area contributed by atoms with Gasteiger partial charge in [-0.3, -0.25) is 4.79 Å². The normalized spacial score (nSPS) is 20.3. The molecule has 1 saturated heterocycles. The second-order valence-corrected chi connectivity index (χ2v) is 20.2. The molecule has 1 amide bonds. The minimum Gasteiger partial charge on any atom is -0.394 e. The van der Waals surface area contributed by atoms with Gasteiger partial charge in [0, 0.05) is 0 Å². The minimum absolute atomic E-state index is 0.301. The summed E-state index contributed by atoms with van der Waals surface area (Å²) >= 11 is 0. The van der Waals surface area contributed by atoms with Gasteiger partial charge >= 0.3 is 0 Å². The summed E-state index contributed by atoms with van der Waals surface area (Å²) < 4.78 is 11.1. The molecule has 404 valence electrons. The summed E-state index contributed by atoms with van der Waals surface area (Å²) in [6, 6.07) is -1.00. The van der Waals surface area contributed by atoms with E-state index < -0.39 is 61.5 Å². The zero-order valence-electron chi connectivity index (χ0n) is 44.4. The lowest BCUT2D eigenvalue weighted by atomic mass is 9.99. The van der Waals surface area contributed by atoms with Gasteiger partial charge in [0.2, 0.25) is 5.91 Å². The van der Waals surface area contributed by atoms with E-state index in [1.54, 1.807) is 6.08 Å². The first-order valence-electron chi connectivity index (χ1n) is 29.0. The number of carbonyl (C=O) groups is 1. The maximum absolute atomic E-state index is 13.1. The average Bonchev–Trinajstić information content (AvgIpc) is 3.35. The van der Waals surface area contributed by atoms with Crippen molar-refractivity contribution in [2.75, 3.05) is 13.2 Å². The largest absolute Gasteiger partial charge is 0.394 e. The van der Waals surface area contributed by atoms with E-state index in [1.807, 2.05) is 6.08 Å². The van der Waals surface area contributed by atoms with E-state index in [-0.39, 0.29) is 6.61 Å². The molecule has 10 nitrogen and oxygen atoms in total. The summed E-state index contributed by atoms with van der Waals surface area (Å²) in [5.41, 5.74) is 0. The number of carbonyl (C=O) groups excluding carboxylic acids is 1. The zero-order chi connectivity index (χ0) is 50.3. The highest BCUT2D eigenvalue weighted by molar-refractivity contribution is 5.80. The molecule has 10 heteroatoms. The Morgan fingerprint density at radius 1 is 0.493 bits per heavy atom. The van der Waals surface area contributed by atoms with E-state index in [0.717, 1.165) is 44.9 Å². The molecule has 0 spiro atoms. The van der Waals surface area contributed by atoms with Gasteiger partial charge in [-0.25, -0.2) is 0 Å². The van der Waals surface area contributed by atoms with Crippen molar-refractivity contribution in [3.8, 4) is 0 Å². The van der Waals surface area contributed by atoms with Crippen LogP contribution in [0.4, 0.5) is 0 Å². The maximum Gasteiger partial charge on any atom is 0.249 e. The van der Waals surface area contributed by atoms with Gasteiger partial charge < -0.3 is 45.4 Å². The number of amides is 1. The Morgan fingerprint density at radius 2 is 0.855 bits per heavy atom. The molecular formula is C59H109NO9. The standard InChI is InChI=1S/C59H109NO9/c1-3-5-7-9-11-13-15-17-18-19-20-21-22-23-24-25-26-27-28-29-30-31-32-33-34-36-38-40-42-44-46-48-53(63)58(67)60-51(50-68-59-57(66)56(65)55(64)54(49-61)69-59)52(62)47-45-43-41-39-37-35-16-14-12-10-8-6-4-2/h12,14,23-24,37,39,45,47,51-57,59,61-66H,3-11,13,15-22,25-36,38,40-44,46,48-50H2,1-2H3,(H,60,67)/b14-12+,24-23-,39-37+,47-45+. The molecule has 69 heavy (non-hydrogen) atoms. The van der Waals surface area contributed by atoms with Crippen LogP contribution in [-0.2, 0) is 14.3 Å². The molecule has 1 aliphatic rings. The molecule has 1 heterocycles. The van der Waals surface area contributed by atoms with Crippen molar-refractivity contribution in [2.45, 2.75) is 307 Å². The number of rotatable bonds is 49. The number of hydrogen-bond donors (Lipinski definition) is 7. The Kier molecular flexibility index (Phi) is 45.7. The zero-order valence-corrected chi connectivity index (χ0v) is 44.4. The lowest BCUT2D eigenvalue weighted by Crippen LogP contribution is -2.60. The first-order valence-corrected chi connectivity index (χ1v) is 29.0. The lowest BCUT2D eigenvalue weighted by Gasteiger charge is -2.40. The monoisotopic (exact) mass is 976 g/mol. The van der Waals surface area contributed by atoms with E-state index in [2.05, 4.69) is 55.6 Å². The Hall–Kier alpha value is -1.89. The Bertz CT molecular complexity index is 1240. The molecule has 0 aromatic heterocycles. The van der Waals surface area contributed by atoms with Gasteiger partial charge in [-0.05, 0) is 70.6 Å². The molecule has 0 aromatic rings.